The first kappa shape index (κ1) is 19.9. The molecule has 0 unspecified atom stereocenters. The lowest BCUT2D eigenvalue weighted by atomic mass is 9.84. The van der Waals surface area contributed by atoms with Gasteiger partial charge in [0, 0.05) is 44.8 Å². The van der Waals surface area contributed by atoms with Crippen LogP contribution >= 0.6 is 0 Å². The van der Waals surface area contributed by atoms with Crippen LogP contribution in [0.4, 0.5) is 0 Å². The van der Waals surface area contributed by atoms with Crippen molar-refractivity contribution in [3.8, 4) is 0 Å². The first-order valence-electron chi connectivity index (χ1n) is 11.1. The molecule has 3 fully saturated rings. The molecule has 0 bridgehead atoms. The standard InChI is InChI=1S/C23H31N3O3/c27-21(20-10-8-19(9-11-20)18-6-2-1-3-7-18)25-14-16-26(17-15-25)23(29)22(28)24-12-4-5-13-24/h8-11,18H,1-7,12-17H2. The van der Waals surface area contributed by atoms with E-state index in [9.17, 15) is 14.4 Å². The zero-order valence-corrected chi connectivity index (χ0v) is 17.1. The molecule has 2 heterocycles. The van der Waals surface area contributed by atoms with Crippen LogP contribution in [-0.4, -0.2) is 71.7 Å². The second kappa shape index (κ2) is 8.97. The Kier molecular flexibility index (Phi) is 6.16. The Labute approximate surface area is 172 Å². The van der Waals surface area contributed by atoms with E-state index in [0.29, 0.717) is 50.7 Å². The van der Waals surface area contributed by atoms with Crippen LogP contribution in [-0.2, 0) is 9.59 Å². The van der Waals surface area contributed by atoms with Gasteiger partial charge in [-0.1, -0.05) is 31.4 Å². The van der Waals surface area contributed by atoms with E-state index in [2.05, 4.69) is 12.1 Å². The van der Waals surface area contributed by atoms with Crippen molar-refractivity contribution in [1.29, 1.82) is 0 Å². The summed E-state index contributed by atoms with van der Waals surface area (Å²) in [6.07, 6.45) is 8.38. The Bertz CT molecular complexity index is 741. The first-order valence-corrected chi connectivity index (χ1v) is 11.1. The van der Waals surface area contributed by atoms with Gasteiger partial charge in [0.25, 0.3) is 5.91 Å². The first-order chi connectivity index (χ1) is 14.1. The summed E-state index contributed by atoms with van der Waals surface area (Å²) in [6, 6.07) is 8.11. The van der Waals surface area contributed by atoms with Crippen molar-refractivity contribution in [2.45, 2.75) is 50.9 Å². The molecular weight excluding hydrogens is 366 g/mol. The summed E-state index contributed by atoms with van der Waals surface area (Å²) in [5.74, 6) is -0.162. The Morgan fingerprint density at radius 2 is 1.14 bits per heavy atom. The minimum Gasteiger partial charge on any atom is -0.335 e. The summed E-state index contributed by atoms with van der Waals surface area (Å²) < 4.78 is 0. The maximum atomic E-state index is 12.9. The van der Waals surface area contributed by atoms with Crippen LogP contribution in [0.5, 0.6) is 0 Å². The number of carbonyl (C=O) groups is 3. The molecule has 6 nitrogen and oxygen atoms in total. The number of likely N-dealkylation sites (tertiary alicyclic amines) is 1. The average molecular weight is 398 g/mol. The van der Waals surface area contributed by atoms with Gasteiger partial charge in [-0.15, -0.1) is 0 Å². The van der Waals surface area contributed by atoms with E-state index < -0.39 is 5.91 Å². The zero-order chi connectivity index (χ0) is 20.2. The van der Waals surface area contributed by atoms with Gasteiger partial charge in [-0.25, -0.2) is 0 Å². The van der Waals surface area contributed by atoms with Gasteiger partial charge in [0.1, 0.15) is 0 Å². The summed E-state index contributed by atoms with van der Waals surface area (Å²) in [5, 5.41) is 0. The maximum absolute atomic E-state index is 12.9. The van der Waals surface area contributed by atoms with E-state index >= 15 is 0 Å². The van der Waals surface area contributed by atoms with Crippen LogP contribution in [0.15, 0.2) is 24.3 Å². The quantitative estimate of drug-likeness (QED) is 0.721. The number of carbonyl (C=O) groups excluding carboxylic acids is 3. The largest absolute Gasteiger partial charge is 0.335 e. The lowest BCUT2D eigenvalue weighted by Crippen LogP contribution is -2.54. The number of hydrogen-bond donors (Lipinski definition) is 0. The molecule has 156 valence electrons. The number of benzene rings is 1. The third-order valence-corrected chi connectivity index (χ3v) is 6.66. The topological polar surface area (TPSA) is 60.9 Å². The fourth-order valence-electron chi connectivity index (χ4n) is 4.82. The summed E-state index contributed by atoms with van der Waals surface area (Å²) in [6.45, 7) is 3.15. The number of nitrogens with zero attached hydrogens (tertiary/aromatic N) is 3. The smallest absolute Gasteiger partial charge is 0.312 e. The van der Waals surface area contributed by atoms with E-state index in [4.69, 9.17) is 0 Å². The molecule has 3 aliphatic rings. The van der Waals surface area contributed by atoms with E-state index in [0.717, 1.165) is 12.8 Å². The van der Waals surface area contributed by atoms with Crippen LogP contribution in [0.2, 0.25) is 0 Å². The average Bonchev–Trinajstić information content (AvgIpc) is 3.33. The summed E-state index contributed by atoms with van der Waals surface area (Å²) >= 11 is 0. The number of amides is 3. The molecule has 2 saturated heterocycles. The molecule has 1 aromatic rings. The van der Waals surface area contributed by atoms with E-state index in [1.807, 2.05) is 12.1 Å². The van der Waals surface area contributed by atoms with Crippen LogP contribution in [0.25, 0.3) is 0 Å². The number of hydrogen-bond acceptors (Lipinski definition) is 3. The SMILES string of the molecule is O=C(C(=O)N1CCN(C(=O)c2ccc(C3CCCCC3)cc2)CC1)N1CCCC1. The van der Waals surface area contributed by atoms with Crippen molar-refractivity contribution in [1.82, 2.24) is 14.7 Å². The molecule has 0 aromatic heterocycles. The van der Waals surface area contributed by atoms with Crippen LogP contribution in [0.3, 0.4) is 0 Å². The molecule has 2 aliphatic heterocycles. The second-order valence-corrected chi connectivity index (χ2v) is 8.54. The summed E-state index contributed by atoms with van der Waals surface area (Å²) in [7, 11) is 0. The Morgan fingerprint density at radius 3 is 1.72 bits per heavy atom. The molecule has 1 aromatic carbocycles. The van der Waals surface area contributed by atoms with Gasteiger partial charge in [0.15, 0.2) is 0 Å². The monoisotopic (exact) mass is 397 g/mol. The molecule has 0 radical (unpaired) electrons. The lowest BCUT2D eigenvalue weighted by molar-refractivity contribution is -0.152. The Hall–Kier alpha value is -2.37. The highest BCUT2D eigenvalue weighted by Gasteiger charge is 2.32. The van der Waals surface area contributed by atoms with Crippen molar-refractivity contribution in [2.75, 3.05) is 39.3 Å². The van der Waals surface area contributed by atoms with Crippen LogP contribution < -0.4 is 0 Å². The molecule has 6 heteroatoms. The normalized spacial score (nSPS) is 20.8. The van der Waals surface area contributed by atoms with E-state index in [1.165, 1.54) is 37.7 Å². The molecule has 1 saturated carbocycles. The van der Waals surface area contributed by atoms with Gasteiger partial charge >= 0.3 is 11.8 Å². The molecule has 0 spiro atoms. The van der Waals surface area contributed by atoms with Crippen LogP contribution in [0, 0.1) is 0 Å². The van der Waals surface area contributed by atoms with Gasteiger partial charge in [-0.2, -0.15) is 0 Å². The minimum atomic E-state index is -0.421. The van der Waals surface area contributed by atoms with Gasteiger partial charge in [-0.3, -0.25) is 14.4 Å². The highest BCUT2D eigenvalue weighted by atomic mass is 16.2. The van der Waals surface area contributed by atoms with Crippen molar-refractivity contribution < 1.29 is 14.4 Å². The second-order valence-electron chi connectivity index (χ2n) is 8.54. The van der Waals surface area contributed by atoms with E-state index in [-0.39, 0.29) is 11.8 Å². The highest BCUT2D eigenvalue weighted by molar-refractivity contribution is 6.35. The molecule has 3 amide bonds. The van der Waals surface area contributed by atoms with Gasteiger partial charge < -0.3 is 14.7 Å². The van der Waals surface area contributed by atoms with Crippen molar-refractivity contribution in [2.24, 2.45) is 0 Å². The van der Waals surface area contributed by atoms with Gasteiger partial charge in [-0.05, 0) is 49.3 Å². The summed E-state index contributed by atoms with van der Waals surface area (Å²) in [5.41, 5.74) is 2.05. The molecule has 4 rings (SSSR count). The Morgan fingerprint density at radius 1 is 0.621 bits per heavy atom. The Balaban J connectivity index is 1.30. The van der Waals surface area contributed by atoms with Crippen molar-refractivity contribution in [3.05, 3.63) is 35.4 Å². The molecular formula is C23H31N3O3. The zero-order valence-electron chi connectivity index (χ0n) is 17.1. The fraction of sp³-hybridized carbons (Fsp3) is 0.609. The van der Waals surface area contributed by atoms with Crippen molar-refractivity contribution >= 4 is 17.7 Å². The maximum Gasteiger partial charge on any atom is 0.312 e. The number of piperazine rings is 1. The number of rotatable bonds is 2. The van der Waals surface area contributed by atoms with E-state index in [1.54, 1.807) is 14.7 Å². The minimum absolute atomic E-state index is 0.0122. The fourth-order valence-corrected chi connectivity index (χ4v) is 4.82. The van der Waals surface area contributed by atoms with Gasteiger partial charge in [0.2, 0.25) is 0 Å². The predicted molar refractivity (Wildman–Crippen MR) is 111 cm³/mol. The summed E-state index contributed by atoms with van der Waals surface area (Å²) in [4.78, 5) is 42.6. The molecule has 0 atom stereocenters. The predicted octanol–water partition coefficient (Wildman–Crippen LogP) is 2.64. The third-order valence-electron chi connectivity index (χ3n) is 6.66. The molecule has 0 N–H and O–H groups in total. The van der Waals surface area contributed by atoms with Crippen molar-refractivity contribution in [3.63, 3.8) is 0 Å². The van der Waals surface area contributed by atoms with Crippen LogP contribution in [0.1, 0.15) is 66.8 Å². The third kappa shape index (κ3) is 4.46. The van der Waals surface area contributed by atoms with Gasteiger partial charge in [0.05, 0.1) is 0 Å². The molecule has 29 heavy (non-hydrogen) atoms. The molecule has 1 aliphatic carbocycles. The lowest BCUT2D eigenvalue weighted by Gasteiger charge is -2.35. The highest BCUT2D eigenvalue weighted by Crippen LogP contribution is 2.32.